The first kappa shape index (κ1) is 24.7. The van der Waals surface area contributed by atoms with Gasteiger partial charge >= 0.3 is 0 Å². The van der Waals surface area contributed by atoms with Gasteiger partial charge in [0.2, 0.25) is 0 Å². The third-order valence-electron chi connectivity index (χ3n) is 8.53. The van der Waals surface area contributed by atoms with Gasteiger partial charge in [-0.05, 0) is 67.8 Å². The lowest BCUT2D eigenvalue weighted by Crippen LogP contribution is -2.51. The molecule has 0 spiro atoms. The number of hydrogen-bond donors (Lipinski definition) is 5. The maximum atomic E-state index is 12.4. The molecule has 4 aliphatic carbocycles. The second-order valence-electron chi connectivity index (χ2n) is 10.0. The summed E-state index contributed by atoms with van der Waals surface area (Å²) in [5, 5.41) is 17.4. The number of aliphatic hydroxyl groups excluding tert-OH is 2. The van der Waals surface area contributed by atoms with Gasteiger partial charge in [0.25, 0.3) is 0 Å². The fourth-order valence-electron chi connectivity index (χ4n) is 6.63. The molecule has 0 aliphatic heterocycles. The summed E-state index contributed by atoms with van der Waals surface area (Å²) in [7, 11) is 0. The van der Waals surface area contributed by atoms with E-state index in [2.05, 4.69) is 51.7 Å². The Balaban J connectivity index is 0.000000275. The topological polar surface area (TPSA) is 74.6 Å². The van der Waals surface area contributed by atoms with Crippen molar-refractivity contribution in [2.24, 2.45) is 28.6 Å². The number of thiol groups is 3. The first-order valence-corrected chi connectivity index (χ1v) is 12.9. The molecule has 0 aromatic heterocycles. The van der Waals surface area contributed by atoms with Gasteiger partial charge in [0, 0.05) is 23.3 Å². The van der Waals surface area contributed by atoms with Crippen LogP contribution in [-0.4, -0.2) is 50.7 Å². The normalized spacial score (nSPS) is 42.2. The minimum Gasteiger partial charge on any atom is -0.390 e. The second-order valence-corrected chi connectivity index (χ2v) is 11.4. The zero-order chi connectivity index (χ0) is 22.3. The van der Waals surface area contributed by atoms with Crippen LogP contribution in [0.15, 0.2) is 11.6 Å². The summed E-state index contributed by atoms with van der Waals surface area (Å²) in [5.41, 5.74) is 1.46. The smallest absolute Gasteiger partial charge is 0.168 e. The maximum Gasteiger partial charge on any atom is 0.168 e. The highest BCUT2D eigenvalue weighted by Gasteiger charge is 2.59. The van der Waals surface area contributed by atoms with E-state index in [4.69, 9.17) is 10.2 Å². The molecule has 7 heteroatoms. The average Bonchev–Trinajstić information content (AvgIpc) is 3.03. The van der Waals surface area contributed by atoms with Crippen LogP contribution in [0.3, 0.4) is 0 Å². The van der Waals surface area contributed by atoms with E-state index < -0.39 is 12.2 Å². The van der Waals surface area contributed by atoms with Gasteiger partial charge in [0.15, 0.2) is 5.78 Å². The van der Waals surface area contributed by atoms with Crippen LogP contribution >= 0.6 is 37.9 Å². The molecule has 5 unspecified atom stereocenters. The largest absolute Gasteiger partial charge is 0.390 e. The van der Waals surface area contributed by atoms with Crippen molar-refractivity contribution in [2.45, 2.75) is 76.3 Å². The number of rotatable bonds is 3. The zero-order valence-corrected chi connectivity index (χ0v) is 20.6. The number of aliphatic hydroxyl groups is 2. The van der Waals surface area contributed by atoms with E-state index in [-0.39, 0.29) is 33.4 Å². The summed E-state index contributed by atoms with van der Waals surface area (Å²) in [6.45, 7) is 4.59. The summed E-state index contributed by atoms with van der Waals surface area (Å²) >= 11 is 12.1. The summed E-state index contributed by atoms with van der Waals surface area (Å²) in [4.78, 5) is 24.4. The van der Waals surface area contributed by atoms with Crippen LogP contribution in [0.4, 0.5) is 0 Å². The highest BCUT2D eigenvalue weighted by Crippen LogP contribution is 2.64. The number of Topliss-reactive ketones (excluding diaryl/α,β-unsaturated/α-hetero) is 1. The third kappa shape index (κ3) is 4.30. The van der Waals surface area contributed by atoms with E-state index in [9.17, 15) is 9.59 Å². The molecule has 30 heavy (non-hydrogen) atoms. The number of carbonyl (C=O) groups excluding carboxylic acids is 2. The number of fused-ring (bicyclic) bond motifs is 5. The quantitative estimate of drug-likeness (QED) is 0.407. The van der Waals surface area contributed by atoms with Crippen LogP contribution in [0.1, 0.15) is 58.8 Å². The first-order chi connectivity index (χ1) is 14.1. The Bertz CT molecular complexity index is 703. The molecular formula is C23H36O4S3. The van der Waals surface area contributed by atoms with E-state index in [0.29, 0.717) is 23.5 Å². The SMILES string of the molecule is C[C@]12C[C@@H](S)C(=O)C=C1CCC1C2CC[C@]2(C)C(=O)CCC12.OC(CS)C(O)CS. The summed E-state index contributed by atoms with van der Waals surface area (Å²) < 4.78 is 0. The van der Waals surface area contributed by atoms with Gasteiger partial charge in [0.1, 0.15) is 5.78 Å². The van der Waals surface area contributed by atoms with Crippen molar-refractivity contribution in [3.05, 3.63) is 11.6 Å². The van der Waals surface area contributed by atoms with Gasteiger partial charge in [-0.1, -0.05) is 19.4 Å². The Kier molecular flexibility index (Phi) is 7.82. The van der Waals surface area contributed by atoms with Crippen LogP contribution in [-0.2, 0) is 9.59 Å². The Morgan fingerprint density at radius 2 is 1.60 bits per heavy atom. The molecule has 4 aliphatic rings. The van der Waals surface area contributed by atoms with Crippen molar-refractivity contribution in [2.75, 3.05) is 11.5 Å². The molecule has 0 aromatic carbocycles. The molecule has 3 saturated carbocycles. The van der Waals surface area contributed by atoms with Crippen LogP contribution in [0.2, 0.25) is 0 Å². The average molecular weight is 473 g/mol. The number of ketones is 2. The fourth-order valence-corrected chi connectivity index (χ4v) is 7.57. The first-order valence-electron chi connectivity index (χ1n) is 11.1. The van der Waals surface area contributed by atoms with E-state index in [1.165, 1.54) is 12.0 Å². The Labute approximate surface area is 196 Å². The lowest BCUT2D eigenvalue weighted by atomic mass is 9.47. The molecule has 8 atom stereocenters. The minimum absolute atomic E-state index is 0.0520. The molecule has 0 amide bonds. The molecule has 170 valence electrons. The number of allylic oxidation sites excluding steroid dienone is 1. The summed E-state index contributed by atoms with van der Waals surface area (Å²) in [5.74, 6) is 3.15. The van der Waals surface area contributed by atoms with Gasteiger partial charge < -0.3 is 10.2 Å². The number of carbonyl (C=O) groups is 2. The lowest BCUT2D eigenvalue weighted by Gasteiger charge is -2.57. The van der Waals surface area contributed by atoms with Crippen molar-refractivity contribution >= 4 is 49.5 Å². The van der Waals surface area contributed by atoms with Gasteiger partial charge in [-0.2, -0.15) is 37.9 Å². The van der Waals surface area contributed by atoms with Crippen LogP contribution in [0.5, 0.6) is 0 Å². The minimum atomic E-state index is -0.740. The second kappa shape index (κ2) is 9.50. The van der Waals surface area contributed by atoms with E-state index in [0.717, 1.165) is 38.5 Å². The zero-order valence-electron chi connectivity index (χ0n) is 18.0. The van der Waals surface area contributed by atoms with Crippen molar-refractivity contribution in [1.29, 1.82) is 0 Å². The van der Waals surface area contributed by atoms with Gasteiger partial charge in [0.05, 0.1) is 17.5 Å². The van der Waals surface area contributed by atoms with Gasteiger partial charge in [-0.3, -0.25) is 9.59 Å². The number of hydrogen-bond acceptors (Lipinski definition) is 7. The predicted octanol–water partition coefficient (Wildman–Crippen LogP) is 3.56. The Morgan fingerprint density at radius 3 is 2.20 bits per heavy atom. The molecule has 0 saturated heterocycles. The van der Waals surface area contributed by atoms with Gasteiger partial charge in [-0.15, -0.1) is 0 Å². The standard InChI is InChI=1S/C19H26O2S.C4H10O2S2/c1-18-8-7-14-12(13(18)5-6-17(18)21)4-3-11-9-15(20)16(22)10-19(11,14)2;5-3(1-7)4(6)2-8/h9,12-14,16,22H,3-8,10H2,1-2H3;3-8H,1-2H2/t12?,13?,14?,16-,18+,19+;/m1./s1. The molecule has 0 radical (unpaired) electrons. The van der Waals surface area contributed by atoms with Crippen molar-refractivity contribution in [3.8, 4) is 0 Å². The maximum absolute atomic E-state index is 12.4. The van der Waals surface area contributed by atoms with Crippen LogP contribution < -0.4 is 0 Å². The van der Waals surface area contributed by atoms with Crippen molar-refractivity contribution < 1.29 is 19.8 Å². The van der Waals surface area contributed by atoms with Crippen LogP contribution in [0.25, 0.3) is 0 Å². The molecular weight excluding hydrogens is 436 g/mol. The molecule has 4 nitrogen and oxygen atoms in total. The Morgan fingerprint density at radius 1 is 1.00 bits per heavy atom. The third-order valence-corrected chi connectivity index (χ3v) is 9.71. The van der Waals surface area contributed by atoms with Gasteiger partial charge in [-0.25, -0.2) is 0 Å². The van der Waals surface area contributed by atoms with Crippen molar-refractivity contribution in [3.63, 3.8) is 0 Å². The fraction of sp³-hybridized carbons (Fsp3) is 0.826. The molecule has 4 rings (SSSR count). The van der Waals surface area contributed by atoms with Crippen molar-refractivity contribution in [1.82, 2.24) is 0 Å². The van der Waals surface area contributed by atoms with Crippen LogP contribution in [0, 0.1) is 28.6 Å². The predicted molar refractivity (Wildman–Crippen MR) is 130 cm³/mol. The molecule has 0 aromatic rings. The summed E-state index contributed by atoms with van der Waals surface area (Å²) in [6.07, 6.45) is 7.61. The van der Waals surface area contributed by atoms with E-state index >= 15 is 0 Å². The van der Waals surface area contributed by atoms with E-state index in [1.807, 2.05) is 6.08 Å². The highest BCUT2D eigenvalue weighted by atomic mass is 32.1. The highest BCUT2D eigenvalue weighted by molar-refractivity contribution is 7.81. The lowest BCUT2D eigenvalue weighted by molar-refractivity contribution is -0.132. The monoisotopic (exact) mass is 472 g/mol. The van der Waals surface area contributed by atoms with E-state index in [1.54, 1.807) is 0 Å². The molecule has 0 heterocycles. The Hall–Kier alpha value is 0.0500. The molecule has 3 fully saturated rings. The molecule has 0 bridgehead atoms. The molecule has 2 N–H and O–H groups in total. The summed E-state index contributed by atoms with van der Waals surface area (Å²) in [6, 6.07) is 0.